The number of carbonyl (C=O) groups excluding carboxylic acids is 3. The van der Waals surface area contributed by atoms with Crippen molar-refractivity contribution in [3.05, 3.63) is 76.1 Å². The number of anilines is 1. The molecule has 9 heteroatoms. The van der Waals surface area contributed by atoms with Gasteiger partial charge in [-0.3, -0.25) is 14.9 Å². The van der Waals surface area contributed by atoms with Gasteiger partial charge in [0.05, 0.1) is 24.9 Å². The Balaban J connectivity index is 1.73. The molecule has 1 aromatic heterocycles. The van der Waals surface area contributed by atoms with Crippen LogP contribution in [0.4, 0.5) is 10.5 Å². The lowest BCUT2D eigenvalue weighted by Gasteiger charge is -2.26. The summed E-state index contributed by atoms with van der Waals surface area (Å²) in [4.78, 5) is 39.2. The molecule has 1 saturated heterocycles. The molecule has 0 saturated carbocycles. The molecule has 0 radical (unpaired) electrons. The Morgan fingerprint density at radius 1 is 0.912 bits per heavy atom. The monoisotopic (exact) mass is 479 g/mol. The second-order valence-corrected chi connectivity index (χ2v) is 8.04. The predicted octanol–water partition coefficient (Wildman–Crippen LogP) is 4.43. The maximum atomic E-state index is 13.2. The highest BCUT2D eigenvalue weighted by molar-refractivity contribution is 6.39. The van der Waals surface area contributed by atoms with Gasteiger partial charge in [-0.25, -0.2) is 9.69 Å². The summed E-state index contributed by atoms with van der Waals surface area (Å²) in [5.74, 6) is -0.376. The maximum Gasteiger partial charge on any atom is 0.335 e. The normalized spacial score (nSPS) is 15.0. The van der Waals surface area contributed by atoms with E-state index in [0.29, 0.717) is 11.3 Å². The summed E-state index contributed by atoms with van der Waals surface area (Å²) in [6.45, 7) is 3.82. The van der Waals surface area contributed by atoms with E-state index in [1.807, 2.05) is 48.7 Å². The molecule has 1 aliphatic heterocycles. The number of rotatable bonds is 5. The first-order valence-corrected chi connectivity index (χ1v) is 10.7. The Hall–Kier alpha value is -4.04. The number of barbiturate groups is 1. The zero-order chi connectivity index (χ0) is 24.6. The summed E-state index contributed by atoms with van der Waals surface area (Å²) < 4.78 is 12.3. The van der Waals surface area contributed by atoms with Crippen molar-refractivity contribution >= 4 is 41.2 Å². The van der Waals surface area contributed by atoms with E-state index in [9.17, 15) is 14.4 Å². The molecule has 4 amide bonds. The average Bonchev–Trinajstić information content (AvgIpc) is 3.09. The lowest BCUT2D eigenvalue weighted by atomic mass is 10.1. The summed E-state index contributed by atoms with van der Waals surface area (Å²) in [7, 11) is 3.06. The number of benzene rings is 2. The summed E-state index contributed by atoms with van der Waals surface area (Å²) in [6.07, 6.45) is 1.49. The van der Waals surface area contributed by atoms with E-state index in [1.54, 1.807) is 13.2 Å². The van der Waals surface area contributed by atoms with Crippen LogP contribution in [0.5, 0.6) is 11.5 Å². The Kier molecular flexibility index (Phi) is 6.17. The number of ether oxygens (including phenoxy) is 2. The van der Waals surface area contributed by atoms with E-state index in [2.05, 4.69) is 5.32 Å². The lowest BCUT2D eigenvalue weighted by Crippen LogP contribution is -2.54. The molecule has 0 aliphatic carbocycles. The number of amides is 4. The summed E-state index contributed by atoms with van der Waals surface area (Å²) in [5, 5.41) is 2.45. The molecule has 8 nitrogen and oxygen atoms in total. The molecule has 1 aliphatic rings. The highest BCUT2D eigenvalue weighted by Crippen LogP contribution is 2.31. The number of carbonyl (C=O) groups is 3. The van der Waals surface area contributed by atoms with Gasteiger partial charge >= 0.3 is 6.03 Å². The summed E-state index contributed by atoms with van der Waals surface area (Å²) in [5.41, 5.74) is 3.37. The third-order valence-electron chi connectivity index (χ3n) is 5.60. The van der Waals surface area contributed by atoms with Crippen LogP contribution in [0, 0.1) is 13.8 Å². The number of aryl methyl sites for hydroxylation is 1. The maximum absolute atomic E-state index is 13.2. The second-order valence-electron chi connectivity index (χ2n) is 7.64. The molecule has 2 heterocycles. The van der Waals surface area contributed by atoms with Crippen molar-refractivity contribution in [2.45, 2.75) is 13.8 Å². The van der Waals surface area contributed by atoms with Gasteiger partial charge in [0.15, 0.2) is 0 Å². The second kappa shape index (κ2) is 9.07. The molecule has 0 unspecified atom stereocenters. The molecule has 174 valence electrons. The van der Waals surface area contributed by atoms with Crippen LogP contribution < -0.4 is 19.7 Å². The molecule has 1 fully saturated rings. The minimum Gasteiger partial charge on any atom is -0.497 e. The fourth-order valence-corrected chi connectivity index (χ4v) is 4.16. The van der Waals surface area contributed by atoms with Crippen molar-refractivity contribution in [3.63, 3.8) is 0 Å². The number of nitrogens with zero attached hydrogens (tertiary/aromatic N) is 2. The van der Waals surface area contributed by atoms with E-state index < -0.39 is 17.8 Å². The molecule has 2 aromatic carbocycles. The first-order valence-electron chi connectivity index (χ1n) is 10.3. The quantitative estimate of drug-likeness (QED) is 0.432. The predicted molar refractivity (Wildman–Crippen MR) is 129 cm³/mol. The van der Waals surface area contributed by atoms with Crippen molar-refractivity contribution in [2.24, 2.45) is 0 Å². The van der Waals surface area contributed by atoms with Crippen molar-refractivity contribution in [2.75, 3.05) is 19.1 Å². The third-order valence-corrected chi connectivity index (χ3v) is 5.89. The lowest BCUT2D eigenvalue weighted by molar-refractivity contribution is -0.122. The van der Waals surface area contributed by atoms with Crippen LogP contribution in [0.15, 0.2) is 54.1 Å². The van der Waals surface area contributed by atoms with Gasteiger partial charge in [-0.1, -0.05) is 11.6 Å². The fourth-order valence-electron chi connectivity index (χ4n) is 3.90. The van der Waals surface area contributed by atoms with Crippen LogP contribution in [-0.4, -0.2) is 36.6 Å². The number of imide groups is 2. The van der Waals surface area contributed by atoms with E-state index in [4.69, 9.17) is 21.1 Å². The molecule has 4 rings (SSSR count). The fraction of sp³-hybridized carbons (Fsp3) is 0.160. The number of hydrogen-bond acceptors (Lipinski definition) is 5. The number of urea groups is 1. The van der Waals surface area contributed by atoms with Gasteiger partial charge in [0.2, 0.25) is 0 Å². The summed E-state index contributed by atoms with van der Waals surface area (Å²) in [6, 6.07) is 13.1. The van der Waals surface area contributed by atoms with Crippen LogP contribution in [-0.2, 0) is 9.59 Å². The van der Waals surface area contributed by atoms with Crippen LogP contribution >= 0.6 is 11.6 Å². The van der Waals surface area contributed by atoms with Crippen LogP contribution in [0.1, 0.15) is 17.0 Å². The molecule has 0 bridgehead atoms. The molecule has 1 N–H and O–H groups in total. The molecular weight excluding hydrogens is 458 g/mol. The van der Waals surface area contributed by atoms with Crippen molar-refractivity contribution in [3.8, 4) is 17.2 Å². The minimum absolute atomic E-state index is 0.165. The van der Waals surface area contributed by atoms with Crippen LogP contribution in [0.2, 0.25) is 5.02 Å². The number of hydrogen-bond donors (Lipinski definition) is 1. The average molecular weight is 480 g/mol. The molecular formula is C25H22ClN3O5. The SMILES string of the molecule is COc1ccc(-n2c(C)cc(/C=C3/C(=O)NC(=O)N(c4ccc(OC)c(Cl)c4)C3=O)c2C)cc1. The molecule has 0 atom stereocenters. The number of methoxy groups -OCH3 is 2. The molecule has 0 spiro atoms. The van der Waals surface area contributed by atoms with Gasteiger partial charge in [0, 0.05) is 17.1 Å². The van der Waals surface area contributed by atoms with Crippen LogP contribution in [0.25, 0.3) is 11.8 Å². The third kappa shape index (κ3) is 4.04. The Bertz CT molecular complexity index is 1340. The highest BCUT2D eigenvalue weighted by atomic mass is 35.5. The van der Waals surface area contributed by atoms with E-state index in [0.717, 1.165) is 27.7 Å². The van der Waals surface area contributed by atoms with E-state index in [-0.39, 0.29) is 16.3 Å². The largest absolute Gasteiger partial charge is 0.497 e. The molecule has 3 aromatic rings. The standard InChI is InChI=1S/C25H22ClN3O5/c1-14-11-16(15(2)28(14)17-5-8-19(33-3)9-6-17)12-20-23(30)27-25(32)29(24(20)31)18-7-10-22(34-4)21(26)13-18/h5-13H,1-4H3,(H,27,30,32)/b20-12-. The Labute approximate surface area is 201 Å². The topological polar surface area (TPSA) is 89.9 Å². The van der Waals surface area contributed by atoms with Gasteiger partial charge in [0.1, 0.15) is 17.1 Å². The van der Waals surface area contributed by atoms with E-state index in [1.165, 1.54) is 25.3 Å². The van der Waals surface area contributed by atoms with Gasteiger partial charge in [0.25, 0.3) is 11.8 Å². The van der Waals surface area contributed by atoms with Crippen molar-refractivity contribution in [1.29, 1.82) is 0 Å². The zero-order valence-corrected chi connectivity index (χ0v) is 19.8. The van der Waals surface area contributed by atoms with Gasteiger partial charge in [-0.2, -0.15) is 0 Å². The Morgan fingerprint density at radius 3 is 2.21 bits per heavy atom. The van der Waals surface area contributed by atoms with Gasteiger partial charge in [-0.15, -0.1) is 0 Å². The summed E-state index contributed by atoms with van der Waals surface area (Å²) >= 11 is 6.17. The van der Waals surface area contributed by atoms with Gasteiger partial charge in [-0.05, 0) is 74.0 Å². The first-order chi connectivity index (χ1) is 16.2. The molecule has 34 heavy (non-hydrogen) atoms. The zero-order valence-electron chi connectivity index (χ0n) is 19.0. The van der Waals surface area contributed by atoms with Gasteiger partial charge < -0.3 is 14.0 Å². The minimum atomic E-state index is -0.850. The van der Waals surface area contributed by atoms with Crippen LogP contribution in [0.3, 0.4) is 0 Å². The first kappa shape index (κ1) is 23.1. The van der Waals surface area contributed by atoms with E-state index >= 15 is 0 Å². The number of halogens is 1. The Morgan fingerprint density at radius 2 is 1.59 bits per heavy atom. The smallest absolute Gasteiger partial charge is 0.335 e. The highest BCUT2D eigenvalue weighted by Gasteiger charge is 2.37. The number of aromatic nitrogens is 1. The number of nitrogens with one attached hydrogen (secondary N) is 1. The van der Waals surface area contributed by atoms with Crippen molar-refractivity contribution < 1.29 is 23.9 Å². The van der Waals surface area contributed by atoms with Crippen molar-refractivity contribution in [1.82, 2.24) is 9.88 Å².